The molecule has 0 aliphatic rings. The third-order valence-electron chi connectivity index (χ3n) is 1.77. The summed E-state index contributed by atoms with van der Waals surface area (Å²) in [5, 5.41) is 0. The van der Waals surface area contributed by atoms with Gasteiger partial charge in [-0.1, -0.05) is 0 Å². The number of anilines is 1. The summed E-state index contributed by atoms with van der Waals surface area (Å²) in [7, 11) is 0. The summed E-state index contributed by atoms with van der Waals surface area (Å²) in [4.78, 5) is 15.1. The Morgan fingerprint density at radius 3 is 3.07 bits per heavy atom. The van der Waals surface area contributed by atoms with Crippen molar-refractivity contribution in [1.29, 1.82) is 0 Å². The molecule has 1 aromatic heterocycles. The van der Waals surface area contributed by atoms with Crippen molar-refractivity contribution in [3.8, 4) is 0 Å². The molecule has 1 heterocycles. The van der Waals surface area contributed by atoms with Crippen LogP contribution in [0.4, 0.5) is 5.69 Å². The van der Waals surface area contributed by atoms with Crippen LogP contribution >= 0.6 is 11.6 Å². The van der Waals surface area contributed by atoms with E-state index in [0.29, 0.717) is 16.8 Å². The largest absolute Gasteiger partial charge is 0.434 e. The van der Waals surface area contributed by atoms with E-state index in [2.05, 4.69) is 4.98 Å². The van der Waals surface area contributed by atoms with Crippen molar-refractivity contribution in [2.75, 3.05) is 11.6 Å². The first-order chi connectivity index (χ1) is 6.70. The van der Waals surface area contributed by atoms with E-state index < -0.39 is 0 Å². The third kappa shape index (κ3) is 1.44. The molecule has 2 aromatic rings. The summed E-state index contributed by atoms with van der Waals surface area (Å²) in [6, 6.07) is 5.01. The van der Waals surface area contributed by atoms with E-state index in [1.165, 1.54) is 0 Å². The minimum atomic E-state index is -0.332. The number of nitrogens with two attached hydrogens (primary N) is 1. The van der Waals surface area contributed by atoms with E-state index in [1.807, 2.05) is 0 Å². The van der Waals surface area contributed by atoms with Crippen LogP contribution in [0.5, 0.6) is 0 Å². The quantitative estimate of drug-likeness (QED) is 0.467. The van der Waals surface area contributed by atoms with Gasteiger partial charge in [0.05, 0.1) is 5.88 Å². The molecular weight excluding hydrogens is 204 g/mol. The molecule has 5 heteroatoms. The van der Waals surface area contributed by atoms with Crippen LogP contribution in [0.25, 0.3) is 11.1 Å². The van der Waals surface area contributed by atoms with Gasteiger partial charge in [-0.15, -0.1) is 11.6 Å². The molecule has 4 nitrogen and oxygen atoms in total. The number of nitrogens with zero attached hydrogens (tertiary/aromatic N) is 1. The van der Waals surface area contributed by atoms with Crippen molar-refractivity contribution in [2.45, 2.75) is 0 Å². The summed E-state index contributed by atoms with van der Waals surface area (Å²) < 4.78 is 5.18. The monoisotopic (exact) mass is 210 g/mol. The molecule has 0 radical (unpaired) electrons. The Morgan fingerprint density at radius 1 is 1.57 bits per heavy atom. The minimum Gasteiger partial charge on any atom is -0.434 e. The van der Waals surface area contributed by atoms with Crippen LogP contribution in [0, 0.1) is 0 Å². The fourth-order valence-corrected chi connectivity index (χ4v) is 1.23. The molecule has 14 heavy (non-hydrogen) atoms. The molecule has 2 rings (SSSR count). The molecule has 2 N–H and O–H groups in total. The molecule has 1 aromatic carbocycles. The molecule has 0 bridgehead atoms. The third-order valence-corrected chi connectivity index (χ3v) is 2.02. The molecule has 0 amide bonds. The highest BCUT2D eigenvalue weighted by atomic mass is 35.5. The molecule has 0 aliphatic heterocycles. The number of rotatable bonds is 2. The number of fused-ring (bicyclic) bond motifs is 1. The standard InChI is InChI=1S/C9H7ClN2O2/c10-4-7(13)9-12-6-2-1-5(11)3-8(6)14-9/h1-3H,4,11H2. The van der Waals surface area contributed by atoms with Gasteiger partial charge in [-0.25, -0.2) is 4.98 Å². The second-order valence-electron chi connectivity index (χ2n) is 2.80. The number of alkyl halides is 1. The van der Waals surface area contributed by atoms with Gasteiger partial charge < -0.3 is 10.2 Å². The summed E-state index contributed by atoms with van der Waals surface area (Å²) in [5.74, 6) is -0.440. The van der Waals surface area contributed by atoms with E-state index in [0.717, 1.165) is 0 Å². The molecule has 0 atom stereocenters. The van der Waals surface area contributed by atoms with E-state index in [-0.39, 0.29) is 17.6 Å². The second-order valence-corrected chi connectivity index (χ2v) is 3.07. The zero-order valence-corrected chi connectivity index (χ0v) is 7.91. The highest BCUT2D eigenvalue weighted by Crippen LogP contribution is 2.18. The smallest absolute Gasteiger partial charge is 0.265 e. The first-order valence-electron chi connectivity index (χ1n) is 3.96. The van der Waals surface area contributed by atoms with Crippen molar-refractivity contribution in [1.82, 2.24) is 4.98 Å². The Morgan fingerprint density at radius 2 is 2.36 bits per heavy atom. The van der Waals surface area contributed by atoms with Gasteiger partial charge in [0.15, 0.2) is 5.58 Å². The predicted octanol–water partition coefficient (Wildman–Crippen LogP) is 1.83. The van der Waals surface area contributed by atoms with Gasteiger partial charge in [0.25, 0.3) is 5.89 Å². The van der Waals surface area contributed by atoms with Crippen LogP contribution in [0.15, 0.2) is 22.6 Å². The number of hydrogen-bond donors (Lipinski definition) is 1. The predicted molar refractivity (Wildman–Crippen MR) is 53.5 cm³/mol. The minimum absolute atomic E-state index is 0.0283. The number of carbonyl (C=O) groups excluding carboxylic acids is 1. The molecule has 0 saturated carbocycles. The first kappa shape index (κ1) is 9.02. The number of aromatic nitrogens is 1. The lowest BCUT2D eigenvalue weighted by Gasteiger charge is -1.88. The lowest BCUT2D eigenvalue weighted by molar-refractivity contribution is 0.0986. The van der Waals surface area contributed by atoms with Crippen molar-refractivity contribution < 1.29 is 9.21 Å². The molecule has 0 unspecified atom stereocenters. The number of hydrogen-bond acceptors (Lipinski definition) is 4. The molecule has 0 aliphatic carbocycles. The lowest BCUT2D eigenvalue weighted by atomic mass is 10.3. The van der Waals surface area contributed by atoms with Crippen LogP contribution in [0.2, 0.25) is 0 Å². The van der Waals surface area contributed by atoms with Gasteiger partial charge in [0.2, 0.25) is 5.78 Å². The number of oxazole rings is 1. The summed E-state index contributed by atoms with van der Waals surface area (Å²) in [6.07, 6.45) is 0. The average Bonchev–Trinajstić information content (AvgIpc) is 2.59. The maximum atomic E-state index is 11.1. The molecule has 0 fully saturated rings. The average molecular weight is 211 g/mol. The molecular formula is C9H7ClN2O2. The van der Waals surface area contributed by atoms with E-state index in [9.17, 15) is 4.79 Å². The Labute approximate surface area is 84.7 Å². The van der Waals surface area contributed by atoms with Crippen molar-refractivity contribution >= 4 is 34.2 Å². The van der Waals surface area contributed by atoms with Gasteiger partial charge in [-0.3, -0.25) is 4.79 Å². The zero-order chi connectivity index (χ0) is 10.1. The Kier molecular flexibility index (Phi) is 2.13. The van der Waals surface area contributed by atoms with Crippen molar-refractivity contribution in [2.24, 2.45) is 0 Å². The van der Waals surface area contributed by atoms with E-state index in [4.69, 9.17) is 21.8 Å². The zero-order valence-electron chi connectivity index (χ0n) is 7.16. The van der Waals surface area contributed by atoms with E-state index >= 15 is 0 Å². The Hall–Kier alpha value is -1.55. The Bertz CT molecular complexity index is 493. The Balaban J connectivity index is 2.56. The number of ketones is 1. The fraction of sp³-hybridized carbons (Fsp3) is 0.111. The number of nitrogen functional groups attached to an aromatic ring is 1. The van der Waals surface area contributed by atoms with Gasteiger partial charge in [-0.05, 0) is 12.1 Å². The van der Waals surface area contributed by atoms with Crippen LogP contribution in [-0.4, -0.2) is 16.6 Å². The number of carbonyl (C=O) groups is 1. The summed E-state index contributed by atoms with van der Waals surface area (Å²) >= 11 is 5.37. The van der Waals surface area contributed by atoms with Crippen molar-refractivity contribution in [3.05, 3.63) is 24.1 Å². The SMILES string of the molecule is Nc1ccc2nc(C(=O)CCl)oc2c1. The maximum Gasteiger partial charge on any atom is 0.265 e. The van der Waals surface area contributed by atoms with Gasteiger partial charge in [-0.2, -0.15) is 0 Å². The van der Waals surface area contributed by atoms with Gasteiger partial charge >= 0.3 is 0 Å². The second kappa shape index (κ2) is 3.31. The highest BCUT2D eigenvalue weighted by molar-refractivity contribution is 6.29. The van der Waals surface area contributed by atoms with Crippen LogP contribution in [0.3, 0.4) is 0 Å². The topological polar surface area (TPSA) is 69.1 Å². The summed E-state index contributed by atoms with van der Waals surface area (Å²) in [5.41, 5.74) is 7.21. The highest BCUT2D eigenvalue weighted by Gasteiger charge is 2.12. The number of Topliss-reactive ketones (excluding diaryl/α,β-unsaturated/α-hetero) is 1. The van der Waals surface area contributed by atoms with Gasteiger partial charge in [0.1, 0.15) is 5.52 Å². The van der Waals surface area contributed by atoms with E-state index in [1.54, 1.807) is 18.2 Å². The first-order valence-corrected chi connectivity index (χ1v) is 4.49. The van der Waals surface area contributed by atoms with Gasteiger partial charge in [0, 0.05) is 11.8 Å². The fourth-order valence-electron chi connectivity index (χ4n) is 1.12. The van der Waals surface area contributed by atoms with Crippen LogP contribution in [-0.2, 0) is 0 Å². The van der Waals surface area contributed by atoms with Crippen LogP contribution in [0.1, 0.15) is 10.7 Å². The molecule has 72 valence electrons. The van der Waals surface area contributed by atoms with Crippen molar-refractivity contribution in [3.63, 3.8) is 0 Å². The maximum absolute atomic E-state index is 11.1. The molecule has 0 spiro atoms. The number of halogens is 1. The lowest BCUT2D eigenvalue weighted by Crippen LogP contribution is -1.99. The normalized spacial score (nSPS) is 10.6. The molecule has 0 saturated heterocycles. The summed E-state index contributed by atoms with van der Waals surface area (Å²) in [6.45, 7) is 0. The number of benzene rings is 1. The van der Waals surface area contributed by atoms with Crippen LogP contribution < -0.4 is 5.73 Å².